The second kappa shape index (κ2) is 4.87. The fourth-order valence-electron chi connectivity index (χ4n) is 2.65. The number of carbonyl (C=O) groups excluding carboxylic acids is 1. The van der Waals surface area contributed by atoms with E-state index in [1.54, 1.807) is 19.3 Å². The van der Waals surface area contributed by atoms with Crippen LogP contribution in [0.5, 0.6) is 0 Å². The van der Waals surface area contributed by atoms with Gasteiger partial charge in [0.2, 0.25) is 5.91 Å². The third-order valence-corrected chi connectivity index (χ3v) is 3.42. The van der Waals surface area contributed by atoms with Crippen molar-refractivity contribution in [2.75, 3.05) is 18.0 Å². The van der Waals surface area contributed by atoms with Crippen LogP contribution in [0.1, 0.15) is 19.8 Å². The molecule has 0 bridgehead atoms. The fraction of sp³-hybridized carbons (Fsp3) is 0.462. The van der Waals surface area contributed by atoms with E-state index in [0.29, 0.717) is 0 Å². The van der Waals surface area contributed by atoms with Crippen LogP contribution in [-0.4, -0.2) is 39.6 Å². The van der Waals surface area contributed by atoms with E-state index in [2.05, 4.69) is 20.3 Å². The summed E-state index contributed by atoms with van der Waals surface area (Å²) >= 11 is 0. The maximum Gasteiger partial charge on any atom is 0.217 e. The molecule has 1 aliphatic heterocycles. The van der Waals surface area contributed by atoms with E-state index in [1.165, 1.54) is 0 Å². The van der Waals surface area contributed by atoms with Gasteiger partial charge in [-0.05, 0) is 18.9 Å². The highest BCUT2D eigenvalue weighted by molar-refractivity contribution is 5.73. The topological polar surface area (TPSA) is 62.5 Å². The number of anilines is 1. The summed E-state index contributed by atoms with van der Waals surface area (Å²) in [6, 6.07) is 4.07. The summed E-state index contributed by atoms with van der Waals surface area (Å²) in [6.07, 6.45) is 5.65. The van der Waals surface area contributed by atoms with Gasteiger partial charge in [-0.2, -0.15) is 9.61 Å². The van der Waals surface area contributed by atoms with Gasteiger partial charge in [-0.1, -0.05) is 0 Å². The van der Waals surface area contributed by atoms with Crippen LogP contribution in [0.15, 0.2) is 24.5 Å². The second-order valence-electron chi connectivity index (χ2n) is 4.89. The first-order valence-corrected chi connectivity index (χ1v) is 6.55. The predicted molar refractivity (Wildman–Crippen MR) is 72.0 cm³/mol. The Morgan fingerprint density at radius 2 is 2.32 bits per heavy atom. The van der Waals surface area contributed by atoms with Crippen molar-refractivity contribution in [1.82, 2.24) is 19.9 Å². The van der Waals surface area contributed by atoms with Gasteiger partial charge in [-0.15, -0.1) is 0 Å². The molecule has 1 unspecified atom stereocenters. The number of rotatable bonds is 2. The van der Waals surface area contributed by atoms with E-state index in [4.69, 9.17) is 0 Å². The molecule has 100 valence electrons. The van der Waals surface area contributed by atoms with E-state index in [-0.39, 0.29) is 11.9 Å². The van der Waals surface area contributed by atoms with Crippen molar-refractivity contribution in [2.45, 2.75) is 25.8 Å². The zero-order chi connectivity index (χ0) is 13.2. The van der Waals surface area contributed by atoms with E-state index < -0.39 is 0 Å². The number of fused-ring (bicyclic) bond motifs is 1. The van der Waals surface area contributed by atoms with Gasteiger partial charge in [-0.25, -0.2) is 4.98 Å². The largest absolute Gasteiger partial charge is 0.354 e. The molecule has 2 aromatic rings. The minimum Gasteiger partial charge on any atom is -0.354 e. The van der Waals surface area contributed by atoms with Crippen molar-refractivity contribution in [3.63, 3.8) is 0 Å². The van der Waals surface area contributed by atoms with Crippen LogP contribution in [0.3, 0.4) is 0 Å². The monoisotopic (exact) mass is 259 g/mol. The lowest BCUT2D eigenvalue weighted by atomic mass is 10.1. The number of carbonyl (C=O) groups is 1. The molecular weight excluding hydrogens is 242 g/mol. The standard InChI is InChI=1S/C13H17N5O/c1-10(19)16-11-3-2-8-17(9-11)13-5-6-14-12-4-7-15-18(12)13/h4-7,11H,2-3,8-9H2,1H3,(H,16,19). The molecule has 1 fully saturated rings. The molecule has 0 radical (unpaired) electrons. The first-order chi connectivity index (χ1) is 9.24. The highest BCUT2D eigenvalue weighted by Gasteiger charge is 2.22. The maximum atomic E-state index is 11.2. The molecule has 0 spiro atoms. The van der Waals surface area contributed by atoms with Gasteiger partial charge in [-0.3, -0.25) is 4.79 Å². The Balaban J connectivity index is 1.85. The minimum atomic E-state index is 0.0332. The van der Waals surface area contributed by atoms with Gasteiger partial charge in [0.1, 0.15) is 5.82 Å². The summed E-state index contributed by atoms with van der Waals surface area (Å²) in [5.74, 6) is 1.07. The average molecular weight is 259 g/mol. The molecule has 6 heteroatoms. The molecule has 19 heavy (non-hydrogen) atoms. The second-order valence-corrected chi connectivity index (χ2v) is 4.89. The van der Waals surface area contributed by atoms with Gasteiger partial charge in [0.15, 0.2) is 5.65 Å². The molecule has 1 saturated heterocycles. The number of hydrogen-bond donors (Lipinski definition) is 1. The smallest absolute Gasteiger partial charge is 0.217 e. The van der Waals surface area contributed by atoms with Crippen molar-refractivity contribution < 1.29 is 4.79 Å². The summed E-state index contributed by atoms with van der Waals surface area (Å²) < 4.78 is 1.84. The van der Waals surface area contributed by atoms with Crippen molar-refractivity contribution >= 4 is 17.4 Å². The summed E-state index contributed by atoms with van der Waals surface area (Å²) in [5, 5.41) is 7.30. The predicted octanol–water partition coefficient (Wildman–Crippen LogP) is 0.834. The average Bonchev–Trinajstić information content (AvgIpc) is 2.86. The molecule has 3 heterocycles. The first-order valence-electron chi connectivity index (χ1n) is 6.55. The van der Waals surface area contributed by atoms with Crippen LogP contribution < -0.4 is 10.2 Å². The molecule has 0 saturated carbocycles. The number of hydrogen-bond acceptors (Lipinski definition) is 4. The third-order valence-electron chi connectivity index (χ3n) is 3.42. The highest BCUT2D eigenvalue weighted by atomic mass is 16.1. The molecule has 0 aromatic carbocycles. The number of nitrogens with one attached hydrogen (secondary N) is 1. The molecule has 1 amide bonds. The minimum absolute atomic E-state index is 0.0332. The molecule has 2 aromatic heterocycles. The fourth-order valence-corrected chi connectivity index (χ4v) is 2.65. The Morgan fingerprint density at radius 1 is 1.42 bits per heavy atom. The third kappa shape index (κ3) is 2.38. The molecule has 1 aliphatic rings. The summed E-state index contributed by atoms with van der Waals surface area (Å²) in [7, 11) is 0. The van der Waals surface area contributed by atoms with E-state index in [1.807, 2.05) is 16.6 Å². The number of amides is 1. The van der Waals surface area contributed by atoms with Crippen LogP contribution in [-0.2, 0) is 4.79 Å². The Bertz CT molecular complexity index is 593. The highest BCUT2D eigenvalue weighted by Crippen LogP contribution is 2.19. The van der Waals surface area contributed by atoms with Crippen LogP contribution >= 0.6 is 0 Å². The lowest BCUT2D eigenvalue weighted by Crippen LogP contribution is -2.47. The number of piperidine rings is 1. The number of aromatic nitrogens is 3. The van der Waals surface area contributed by atoms with Crippen molar-refractivity contribution in [1.29, 1.82) is 0 Å². The van der Waals surface area contributed by atoms with Crippen LogP contribution in [0.2, 0.25) is 0 Å². The lowest BCUT2D eigenvalue weighted by Gasteiger charge is -2.34. The van der Waals surface area contributed by atoms with Gasteiger partial charge >= 0.3 is 0 Å². The number of nitrogens with zero attached hydrogens (tertiary/aromatic N) is 4. The molecule has 3 rings (SSSR count). The summed E-state index contributed by atoms with van der Waals surface area (Å²) in [4.78, 5) is 17.7. The SMILES string of the molecule is CC(=O)NC1CCCN(c2ccnc3ccnn23)C1. The van der Waals surface area contributed by atoms with Gasteiger partial charge < -0.3 is 10.2 Å². The zero-order valence-electron chi connectivity index (χ0n) is 10.9. The Kier molecular flexibility index (Phi) is 3.06. The van der Waals surface area contributed by atoms with Crippen molar-refractivity contribution in [2.24, 2.45) is 0 Å². The molecule has 1 atom stereocenters. The van der Waals surface area contributed by atoms with E-state index in [0.717, 1.165) is 37.4 Å². The summed E-state index contributed by atoms with van der Waals surface area (Å²) in [5.41, 5.74) is 0.846. The van der Waals surface area contributed by atoms with Crippen LogP contribution in [0.25, 0.3) is 5.65 Å². The summed E-state index contributed by atoms with van der Waals surface area (Å²) in [6.45, 7) is 3.37. The van der Waals surface area contributed by atoms with Crippen molar-refractivity contribution in [3.8, 4) is 0 Å². The zero-order valence-corrected chi connectivity index (χ0v) is 10.9. The van der Waals surface area contributed by atoms with Gasteiger partial charge in [0, 0.05) is 38.3 Å². The van der Waals surface area contributed by atoms with Gasteiger partial charge in [0.25, 0.3) is 0 Å². The molecule has 1 N–H and O–H groups in total. The van der Waals surface area contributed by atoms with Gasteiger partial charge in [0.05, 0.1) is 6.20 Å². The van der Waals surface area contributed by atoms with Crippen molar-refractivity contribution in [3.05, 3.63) is 24.5 Å². The quantitative estimate of drug-likeness (QED) is 0.868. The molecular formula is C13H17N5O. The van der Waals surface area contributed by atoms with Crippen LogP contribution in [0, 0.1) is 0 Å². The lowest BCUT2D eigenvalue weighted by molar-refractivity contribution is -0.119. The molecule has 0 aliphatic carbocycles. The van der Waals surface area contributed by atoms with E-state index >= 15 is 0 Å². The van der Waals surface area contributed by atoms with E-state index in [9.17, 15) is 4.79 Å². The Morgan fingerprint density at radius 3 is 3.16 bits per heavy atom. The normalized spacial score (nSPS) is 19.6. The maximum absolute atomic E-state index is 11.2. The first kappa shape index (κ1) is 12.0. The molecule has 6 nitrogen and oxygen atoms in total. The van der Waals surface area contributed by atoms with Crippen LogP contribution in [0.4, 0.5) is 5.82 Å². The Hall–Kier alpha value is -2.11. The Labute approximate surface area is 111 Å².